The summed E-state index contributed by atoms with van der Waals surface area (Å²) in [7, 11) is 0. The number of hydrogen-bond donors (Lipinski definition) is 2. The van der Waals surface area contributed by atoms with Crippen LogP contribution in [0.3, 0.4) is 0 Å². The van der Waals surface area contributed by atoms with Gasteiger partial charge >= 0.3 is 0 Å². The summed E-state index contributed by atoms with van der Waals surface area (Å²) in [4.78, 5) is 16.3. The normalized spacial score (nSPS) is 22.9. The summed E-state index contributed by atoms with van der Waals surface area (Å²) in [6.45, 7) is 5.01. The zero-order valence-electron chi connectivity index (χ0n) is 11.5. The van der Waals surface area contributed by atoms with Crippen LogP contribution in [-0.2, 0) is 0 Å². The molecule has 1 fully saturated rings. The van der Waals surface area contributed by atoms with Gasteiger partial charge < -0.3 is 10.6 Å². The number of hydrogen-bond acceptors (Lipinski definition) is 4. The van der Waals surface area contributed by atoms with Crippen LogP contribution in [0.15, 0.2) is 24.8 Å². The Bertz CT molecular complexity index is 608. The Morgan fingerprint density at radius 1 is 1.55 bits per heavy atom. The first-order chi connectivity index (χ1) is 9.75. The lowest BCUT2D eigenvalue weighted by Crippen LogP contribution is -2.41. The van der Waals surface area contributed by atoms with E-state index in [1.54, 1.807) is 29.3 Å². The van der Waals surface area contributed by atoms with Crippen molar-refractivity contribution in [2.45, 2.75) is 13.3 Å². The van der Waals surface area contributed by atoms with E-state index in [4.69, 9.17) is 0 Å². The number of nitrogens with one attached hydrogen (secondary N) is 2. The third-order valence-electron chi connectivity index (χ3n) is 4.06. The van der Waals surface area contributed by atoms with Gasteiger partial charge in [-0.2, -0.15) is 5.10 Å². The highest BCUT2D eigenvalue weighted by atomic mass is 16.1. The summed E-state index contributed by atoms with van der Waals surface area (Å²) in [6.07, 6.45) is 7.75. The quantitative estimate of drug-likeness (QED) is 0.864. The first-order valence-corrected chi connectivity index (χ1v) is 7.02. The molecule has 2 N–H and O–H groups in total. The minimum atomic E-state index is -0.0706. The van der Waals surface area contributed by atoms with E-state index in [-0.39, 0.29) is 5.91 Å². The molecule has 0 radical (unpaired) electrons. The summed E-state index contributed by atoms with van der Waals surface area (Å²) in [6, 6.07) is 0. The lowest BCUT2D eigenvalue weighted by molar-refractivity contribution is 0.0939. The average molecular weight is 273 g/mol. The van der Waals surface area contributed by atoms with Crippen molar-refractivity contribution in [3.05, 3.63) is 30.4 Å². The Hall–Kier alpha value is -1.95. The van der Waals surface area contributed by atoms with E-state index in [1.807, 2.05) is 0 Å². The molecule has 2 aromatic rings. The molecule has 0 saturated carbocycles. The van der Waals surface area contributed by atoms with Crippen molar-refractivity contribution in [3.63, 3.8) is 0 Å². The standard InChI is InChI=1S/C14H19N5O/c1-10-6-15-3-2-11(10)7-17-14(20)12-8-18-19-5-4-16-9-13(12)19/h4-5,8-11,15H,2-3,6-7H2,1H3,(H,17,20). The molecule has 3 heterocycles. The van der Waals surface area contributed by atoms with E-state index < -0.39 is 0 Å². The van der Waals surface area contributed by atoms with Crippen LogP contribution >= 0.6 is 0 Å². The second-order valence-electron chi connectivity index (χ2n) is 5.40. The molecule has 106 valence electrons. The number of carbonyl (C=O) groups excluding carboxylic acids is 1. The first kappa shape index (κ1) is 13.1. The highest BCUT2D eigenvalue weighted by Gasteiger charge is 2.22. The number of aromatic nitrogens is 3. The molecule has 0 aromatic carbocycles. The van der Waals surface area contributed by atoms with Gasteiger partial charge in [0.1, 0.15) is 0 Å². The number of rotatable bonds is 3. The molecule has 6 heteroatoms. The van der Waals surface area contributed by atoms with Crippen molar-refractivity contribution in [2.75, 3.05) is 19.6 Å². The fraction of sp³-hybridized carbons (Fsp3) is 0.500. The average Bonchev–Trinajstić information content (AvgIpc) is 2.90. The third-order valence-corrected chi connectivity index (χ3v) is 4.06. The number of nitrogens with zero attached hydrogens (tertiary/aromatic N) is 3. The minimum Gasteiger partial charge on any atom is -0.352 e. The van der Waals surface area contributed by atoms with Crippen LogP contribution in [0, 0.1) is 11.8 Å². The molecule has 1 aliphatic heterocycles. The second-order valence-corrected chi connectivity index (χ2v) is 5.40. The van der Waals surface area contributed by atoms with Crippen molar-refractivity contribution >= 4 is 11.4 Å². The molecular weight excluding hydrogens is 254 g/mol. The van der Waals surface area contributed by atoms with E-state index in [9.17, 15) is 4.79 Å². The Balaban J connectivity index is 1.67. The predicted molar refractivity (Wildman–Crippen MR) is 75.5 cm³/mol. The predicted octanol–water partition coefficient (Wildman–Crippen LogP) is 0.705. The molecule has 1 saturated heterocycles. The van der Waals surface area contributed by atoms with E-state index in [1.165, 1.54) is 0 Å². The molecule has 2 atom stereocenters. The smallest absolute Gasteiger partial charge is 0.255 e. The van der Waals surface area contributed by atoms with Crippen LogP contribution in [0.4, 0.5) is 0 Å². The highest BCUT2D eigenvalue weighted by Crippen LogP contribution is 2.17. The molecular formula is C14H19N5O. The Kier molecular flexibility index (Phi) is 3.64. The van der Waals surface area contributed by atoms with Crippen molar-refractivity contribution in [3.8, 4) is 0 Å². The lowest BCUT2D eigenvalue weighted by atomic mass is 9.88. The molecule has 20 heavy (non-hydrogen) atoms. The topological polar surface area (TPSA) is 71.3 Å². The highest BCUT2D eigenvalue weighted by molar-refractivity contribution is 6.00. The molecule has 1 amide bonds. The molecule has 1 aliphatic rings. The van der Waals surface area contributed by atoms with Crippen molar-refractivity contribution in [2.24, 2.45) is 11.8 Å². The lowest BCUT2D eigenvalue weighted by Gasteiger charge is -2.29. The Labute approximate surface area is 117 Å². The van der Waals surface area contributed by atoms with E-state index in [0.717, 1.165) is 31.6 Å². The van der Waals surface area contributed by atoms with Crippen LogP contribution < -0.4 is 10.6 Å². The molecule has 0 spiro atoms. The molecule has 0 aliphatic carbocycles. The van der Waals surface area contributed by atoms with Crippen molar-refractivity contribution in [1.82, 2.24) is 25.2 Å². The molecule has 3 rings (SSSR count). The molecule has 2 unspecified atom stereocenters. The van der Waals surface area contributed by atoms with Gasteiger partial charge in [0.2, 0.25) is 0 Å². The zero-order valence-corrected chi connectivity index (χ0v) is 11.5. The van der Waals surface area contributed by atoms with Crippen LogP contribution in [-0.4, -0.2) is 40.1 Å². The van der Waals surface area contributed by atoms with Crippen molar-refractivity contribution < 1.29 is 4.79 Å². The van der Waals surface area contributed by atoms with E-state index >= 15 is 0 Å². The van der Waals surface area contributed by atoms with Gasteiger partial charge in [0.25, 0.3) is 5.91 Å². The summed E-state index contributed by atoms with van der Waals surface area (Å²) >= 11 is 0. The van der Waals surface area contributed by atoms with Gasteiger partial charge in [-0.3, -0.25) is 9.78 Å². The first-order valence-electron chi connectivity index (χ1n) is 7.02. The van der Waals surface area contributed by atoms with Gasteiger partial charge in [-0.1, -0.05) is 6.92 Å². The monoisotopic (exact) mass is 273 g/mol. The van der Waals surface area contributed by atoms with Gasteiger partial charge in [-0.25, -0.2) is 4.52 Å². The van der Waals surface area contributed by atoms with Crippen LogP contribution in [0.25, 0.3) is 5.52 Å². The fourth-order valence-corrected chi connectivity index (χ4v) is 2.70. The number of carbonyl (C=O) groups is 1. The van der Waals surface area contributed by atoms with Gasteiger partial charge in [0.15, 0.2) is 0 Å². The van der Waals surface area contributed by atoms with Gasteiger partial charge in [-0.15, -0.1) is 0 Å². The Morgan fingerprint density at radius 2 is 2.45 bits per heavy atom. The summed E-state index contributed by atoms with van der Waals surface area (Å²) in [5, 5.41) is 10.6. The minimum absolute atomic E-state index is 0.0706. The number of fused-ring (bicyclic) bond motifs is 1. The number of amides is 1. The zero-order chi connectivity index (χ0) is 13.9. The van der Waals surface area contributed by atoms with Gasteiger partial charge in [0.05, 0.1) is 23.5 Å². The van der Waals surface area contributed by atoms with E-state index in [0.29, 0.717) is 17.4 Å². The SMILES string of the molecule is CC1CNCCC1CNC(=O)c1cnn2ccncc12. The second kappa shape index (κ2) is 5.58. The van der Waals surface area contributed by atoms with Crippen molar-refractivity contribution in [1.29, 1.82) is 0 Å². The third kappa shape index (κ3) is 2.51. The Morgan fingerprint density at radius 3 is 3.30 bits per heavy atom. The summed E-state index contributed by atoms with van der Waals surface area (Å²) in [5.41, 5.74) is 1.32. The summed E-state index contributed by atoms with van der Waals surface area (Å²) in [5.74, 6) is 1.06. The number of piperidine rings is 1. The fourth-order valence-electron chi connectivity index (χ4n) is 2.70. The molecule has 6 nitrogen and oxygen atoms in total. The van der Waals surface area contributed by atoms with Crippen LogP contribution in [0.5, 0.6) is 0 Å². The van der Waals surface area contributed by atoms with Crippen LogP contribution in [0.1, 0.15) is 23.7 Å². The maximum atomic E-state index is 12.3. The van der Waals surface area contributed by atoms with Gasteiger partial charge in [0, 0.05) is 18.9 Å². The van der Waals surface area contributed by atoms with Gasteiger partial charge in [-0.05, 0) is 31.3 Å². The largest absolute Gasteiger partial charge is 0.352 e. The van der Waals surface area contributed by atoms with Crippen LogP contribution in [0.2, 0.25) is 0 Å². The maximum Gasteiger partial charge on any atom is 0.255 e. The molecule has 2 aromatic heterocycles. The maximum absolute atomic E-state index is 12.3. The molecule has 0 bridgehead atoms. The van der Waals surface area contributed by atoms with E-state index in [2.05, 4.69) is 27.6 Å². The summed E-state index contributed by atoms with van der Waals surface area (Å²) < 4.78 is 1.66.